The molecule has 0 aliphatic heterocycles. The third-order valence-electron chi connectivity index (χ3n) is 4.50. The Morgan fingerprint density at radius 1 is 1.19 bits per heavy atom. The van der Waals surface area contributed by atoms with Crippen molar-refractivity contribution in [3.63, 3.8) is 0 Å². The van der Waals surface area contributed by atoms with E-state index in [9.17, 15) is 18.0 Å². The fourth-order valence-electron chi connectivity index (χ4n) is 2.42. The monoisotopic (exact) mass is 531 g/mol. The molecule has 0 unspecified atom stereocenters. The number of rotatable bonds is 9. The molecule has 168 valence electrons. The number of sulfonamides is 1. The summed E-state index contributed by atoms with van der Waals surface area (Å²) in [6, 6.07) is 9.41. The first-order valence-corrected chi connectivity index (χ1v) is 12.0. The highest BCUT2D eigenvalue weighted by molar-refractivity contribution is 9.10. The predicted molar refractivity (Wildman–Crippen MR) is 122 cm³/mol. The summed E-state index contributed by atoms with van der Waals surface area (Å²) >= 11 is 9.31. The highest BCUT2D eigenvalue weighted by Gasteiger charge is 2.25. The second-order valence-electron chi connectivity index (χ2n) is 6.82. The summed E-state index contributed by atoms with van der Waals surface area (Å²) < 4.78 is 32.9. The number of halogens is 2. The van der Waals surface area contributed by atoms with Crippen molar-refractivity contribution in [2.75, 3.05) is 11.9 Å². The second-order valence-corrected chi connectivity index (χ2v) is 9.82. The number of carbonyl (C=O) groups is 2. The lowest BCUT2D eigenvalue weighted by molar-refractivity contribution is -0.121. The van der Waals surface area contributed by atoms with Crippen molar-refractivity contribution in [1.82, 2.24) is 4.72 Å². The summed E-state index contributed by atoms with van der Waals surface area (Å²) in [6.45, 7) is 3.34. The third-order valence-corrected chi connectivity index (χ3v) is 6.65. The van der Waals surface area contributed by atoms with E-state index in [1.165, 1.54) is 24.3 Å². The first-order chi connectivity index (χ1) is 14.5. The van der Waals surface area contributed by atoms with Crippen molar-refractivity contribution in [2.24, 2.45) is 11.7 Å². The van der Waals surface area contributed by atoms with E-state index in [4.69, 9.17) is 22.1 Å². The van der Waals surface area contributed by atoms with Crippen LogP contribution in [-0.4, -0.2) is 32.9 Å². The van der Waals surface area contributed by atoms with E-state index in [2.05, 4.69) is 21.2 Å². The average molecular weight is 533 g/mol. The van der Waals surface area contributed by atoms with Gasteiger partial charge in [0.15, 0.2) is 6.61 Å². The number of hydrogen-bond acceptors (Lipinski definition) is 6. The number of nitrogens with two attached hydrogens (primary N) is 1. The lowest BCUT2D eigenvalue weighted by Crippen LogP contribution is -2.46. The number of hydrogen-bond donors (Lipinski definition) is 3. The van der Waals surface area contributed by atoms with Crippen molar-refractivity contribution >= 4 is 55.1 Å². The Labute approximate surface area is 194 Å². The van der Waals surface area contributed by atoms with Crippen LogP contribution in [0.25, 0.3) is 0 Å². The van der Waals surface area contributed by atoms with Crippen molar-refractivity contribution in [3.8, 4) is 5.75 Å². The van der Waals surface area contributed by atoms with E-state index in [-0.39, 0.29) is 17.4 Å². The summed E-state index contributed by atoms with van der Waals surface area (Å²) in [5.41, 5.74) is 6.13. The van der Waals surface area contributed by atoms with Gasteiger partial charge in [0.25, 0.3) is 21.8 Å². The highest BCUT2D eigenvalue weighted by atomic mass is 79.9. The van der Waals surface area contributed by atoms with Gasteiger partial charge in [-0.05, 0) is 48.4 Å². The molecule has 8 nitrogen and oxygen atoms in total. The molecule has 2 atom stereocenters. The first kappa shape index (κ1) is 25.1. The van der Waals surface area contributed by atoms with Gasteiger partial charge in [-0.15, -0.1) is 0 Å². The molecule has 0 heterocycles. The zero-order valence-electron chi connectivity index (χ0n) is 16.9. The average Bonchev–Trinajstić information content (AvgIpc) is 2.72. The van der Waals surface area contributed by atoms with Crippen LogP contribution in [0.3, 0.4) is 0 Å². The highest BCUT2D eigenvalue weighted by Crippen LogP contribution is 2.27. The van der Waals surface area contributed by atoms with Crippen LogP contribution in [0.2, 0.25) is 5.02 Å². The van der Waals surface area contributed by atoms with Crippen molar-refractivity contribution < 1.29 is 22.7 Å². The SMILES string of the molecule is CC[C@H](C)[C@H](N)C(=O)NS(=O)(=O)c1ccc(NC(=O)COc2ccc(Br)cc2Cl)cc1. The molecule has 0 saturated carbocycles. The smallest absolute Gasteiger partial charge is 0.264 e. The second kappa shape index (κ2) is 10.9. The van der Waals surface area contributed by atoms with Gasteiger partial charge in [-0.1, -0.05) is 47.8 Å². The molecular weight excluding hydrogens is 510 g/mol. The topological polar surface area (TPSA) is 128 Å². The van der Waals surface area contributed by atoms with Crippen LogP contribution in [0.5, 0.6) is 5.75 Å². The van der Waals surface area contributed by atoms with Gasteiger partial charge in [-0.25, -0.2) is 13.1 Å². The van der Waals surface area contributed by atoms with Gasteiger partial charge in [0.05, 0.1) is 16.0 Å². The van der Waals surface area contributed by atoms with Crippen molar-refractivity contribution in [2.45, 2.75) is 31.2 Å². The van der Waals surface area contributed by atoms with E-state index in [1.54, 1.807) is 25.1 Å². The predicted octanol–water partition coefficient (Wildman–Crippen LogP) is 3.30. The van der Waals surface area contributed by atoms with Crippen LogP contribution in [-0.2, 0) is 19.6 Å². The van der Waals surface area contributed by atoms with E-state index in [1.807, 2.05) is 11.6 Å². The molecule has 0 radical (unpaired) electrons. The van der Waals surface area contributed by atoms with E-state index in [0.717, 1.165) is 4.47 Å². The molecule has 11 heteroatoms. The molecule has 0 aromatic heterocycles. The fourth-order valence-corrected chi connectivity index (χ4v) is 4.16. The summed E-state index contributed by atoms with van der Waals surface area (Å²) in [5.74, 6) is -1.03. The van der Waals surface area contributed by atoms with Gasteiger partial charge in [0.1, 0.15) is 5.75 Å². The quantitative estimate of drug-likeness (QED) is 0.455. The minimum Gasteiger partial charge on any atom is -0.482 e. The first-order valence-electron chi connectivity index (χ1n) is 9.33. The third kappa shape index (κ3) is 7.20. The molecule has 2 amide bonds. The minimum atomic E-state index is -4.08. The normalized spacial score (nSPS) is 13.2. The Balaban J connectivity index is 1.96. The van der Waals surface area contributed by atoms with Crippen LogP contribution < -0.4 is 20.5 Å². The Hall–Kier alpha value is -2.14. The lowest BCUT2D eigenvalue weighted by Gasteiger charge is -2.17. The maximum atomic E-state index is 12.4. The zero-order chi connectivity index (χ0) is 23.2. The molecule has 0 aliphatic carbocycles. The molecule has 4 N–H and O–H groups in total. The molecule has 2 aromatic rings. The van der Waals surface area contributed by atoms with Gasteiger partial charge in [0, 0.05) is 10.2 Å². The maximum absolute atomic E-state index is 12.4. The van der Waals surface area contributed by atoms with Gasteiger partial charge in [-0.3, -0.25) is 9.59 Å². The Morgan fingerprint density at radius 2 is 1.84 bits per heavy atom. The van der Waals surface area contributed by atoms with Crippen LogP contribution in [0.4, 0.5) is 5.69 Å². The Morgan fingerprint density at radius 3 is 2.42 bits per heavy atom. The number of amides is 2. The van der Waals surface area contributed by atoms with Crippen LogP contribution >= 0.6 is 27.5 Å². The van der Waals surface area contributed by atoms with Crippen LogP contribution in [0, 0.1) is 5.92 Å². The lowest BCUT2D eigenvalue weighted by atomic mass is 10.00. The largest absolute Gasteiger partial charge is 0.482 e. The summed E-state index contributed by atoms with van der Waals surface area (Å²) in [7, 11) is -4.08. The van der Waals surface area contributed by atoms with Crippen molar-refractivity contribution in [3.05, 3.63) is 52.0 Å². The van der Waals surface area contributed by atoms with Crippen molar-refractivity contribution in [1.29, 1.82) is 0 Å². The van der Waals surface area contributed by atoms with E-state index >= 15 is 0 Å². The van der Waals surface area contributed by atoms with Crippen LogP contribution in [0.15, 0.2) is 51.8 Å². The number of ether oxygens (including phenoxy) is 1. The molecule has 2 rings (SSSR count). The minimum absolute atomic E-state index is 0.131. The number of anilines is 1. The number of carbonyl (C=O) groups excluding carboxylic acids is 2. The van der Waals surface area contributed by atoms with Crippen LogP contribution in [0.1, 0.15) is 20.3 Å². The summed E-state index contributed by atoms with van der Waals surface area (Å²) in [4.78, 5) is 24.0. The summed E-state index contributed by atoms with van der Waals surface area (Å²) in [5, 5.41) is 2.94. The Kier molecular flexibility index (Phi) is 8.87. The molecule has 0 bridgehead atoms. The van der Waals surface area contributed by atoms with Gasteiger partial charge >= 0.3 is 0 Å². The number of benzene rings is 2. The van der Waals surface area contributed by atoms with Gasteiger partial charge in [-0.2, -0.15) is 0 Å². The molecule has 2 aromatic carbocycles. The molecule has 0 aliphatic rings. The molecule has 31 heavy (non-hydrogen) atoms. The molecule has 0 fully saturated rings. The zero-order valence-corrected chi connectivity index (χ0v) is 20.1. The van der Waals surface area contributed by atoms with E-state index < -0.39 is 27.9 Å². The standard InChI is InChI=1S/C20H23BrClN3O5S/c1-3-12(2)19(23)20(27)25-31(28,29)15-7-5-14(6-8-15)24-18(26)11-30-17-9-4-13(21)10-16(17)22/h4-10,12,19H,3,11,23H2,1-2H3,(H,24,26)(H,25,27)/t12-,19-/m0/s1. The molecule has 0 saturated heterocycles. The number of nitrogens with one attached hydrogen (secondary N) is 2. The fraction of sp³-hybridized carbons (Fsp3) is 0.300. The maximum Gasteiger partial charge on any atom is 0.264 e. The van der Waals surface area contributed by atoms with Gasteiger partial charge < -0.3 is 15.8 Å². The summed E-state index contributed by atoms with van der Waals surface area (Å²) in [6.07, 6.45) is 0.640. The molecule has 0 spiro atoms. The van der Waals surface area contributed by atoms with Gasteiger partial charge in [0.2, 0.25) is 0 Å². The molecular formula is C20H23BrClN3O5S. The van der Waals surface area contributed by atoms with E-state index in [0.29, 0.717) is 22.9 Å². The Bertz CT molecular complexity index is 1050.